The van der Waals surface area contributed by atoms with Gasteiger partial charge in [-0.2, -0.15) is 0 Å². The highest BCUT2D eigenvalue weighted by molar-refractivity contribution is 7.22. The van der Waals surface area contributed by atoms with Crippen LogP contribution in [0.1, 0.15) is 0 Å². The quantitative estimate of drug-likeness (QED) is 0.550. The number of nitrogens with zero attached hydrogens (tertiary/aromatic N) is 3. The molecule has 0 bridgehead atoms. The van der Waals surface area contributed by atoms with Crippen LogP contribution in [0.15, 0.2) is 36.4 Å². The van der Waals surface area contributed by atoms with Gasteiger partial charge in [-0.05, 0) is 12.1 Å². The Balaban J connectivity index is 1.94. The first-order valence-corrected chi connectivity index (χ1v) is 7.44. The summed E-state index contributed by atoms with van der Waals surface area (Å²) < 4.78 is 5.81. The molecule has 0 unspecified atom stereocenters. The van der Waals surface area contributed by atoms with Crippen LogP contribution >= 0.6 is 11.3 Å². The number of rotatable bonds is 5. The fraction of sp³-hybridized carbons (Fsp3) is 0.0714. The average Bonchev–Trinajstić information content (AvgIpc) is 2.96. The first-order chi connectivity index (χ1) is 11.5. The van der Waals surface area contributed by atoms with E-state index in [1.807, 2.05) is 0 Å². The molecule has 10 heteroatoms. The van der Waals surface area contributed by atoms with Crippen molar-refractivity contribution < 1.29 is 14.6 Å². The third-order valence-corrected chi connectivity index (χ3v) is 4.15. The zero-order valence-electron chi connectivity index (χ0n) is 12.3. The fourth-order valence-electron chi connectivity index (χ4n) is 2.09. The van der Waals surface area contributed by atoms with Gasteiger partial charge in [-0.25, -0.2) is 4.98 Å². The summed E-state index contributed by atoms with van der Waals surface area (Å²) in [5, 5.41) is 25.1. The number of fused-ring (bicyclic) bond motifs is 1. The molecule has 0 saturated carbocycles. The second kappa shape index (κ2) is 6.08. The molecule has 3 aromatic rings. The Hall–Kier alpha value is -3.27. The van der Waals surface area contributed by atoms with Crippen LogP contribution in [-0.4, -0.2) is 21.9 Å². The lowest BCUT2D eigenvalue weighted by molar-refractivity contribution is -0.385. The molecule has 0 saturated heterocycles. The Labute approximate surface area is 138 Å². The normalized spacial score (nSPS) is 10.5. The summed E-state index contributed by atoms with van der Waals surface area (Å²) in [5.41, 5.74) is 1.04. The maximum Gasteiger partial charge on any atom is 0.273 e. The van der Waals surface area contributed by atoms with Crippen LogP contribution in [-0.2, 0) is 0 Å². The molecule has 0 amide bonds. The number of hydrogen-bond acceptors (Lipinski definition) is 8. The number of ether oxygens (including phenoxy) is 1. The molecule has 0 fully saturated rings. The third-order valence-electron chi connectivity index (χ3n) is 3.22. The van der Waals surface area contributed by atoms with E-state index in [2.05, 4.69) is 10.3 Å². The van der Waals surface area contributed by atoms with Gasteiger partial charge in [0.15, 0.2) is 5.13 Å². The Morgan fingerprint density at radius 2 is 1.75 bits per heavy atom. The minimum atomic E-state index is -0.511. The van der Waals surface area contributed by atoms with E-state index in [9.17, 15) is 20.2 Å². The van der Waals surface area contributed by atoms with E-state index < -0.39 is 9.85 Å². The van der Waals surface area contributed by atoms with E-state index in [1.165, 1.54) is 48.8 Å². The Bertz CT molecular complexity index is 955. The predicted molar refractivity (Wildman–Crippen MR) is 89.2 cm³/mol. The summed E-state index contributed by atoms with van der Waals surface area (Å²) in [4.78, 5) is 25.0. The predicted octanol–water partition coefficient (Wildman–Crippen LogP) is 3.86. The zero-order valence-corrected chi connectivity index (χ0v) is 13.1. The maximum atomic E-state index is 10.8. The average molecular weight is 346 g/mol. The van der Waals surface area contributed by atoms with Gasteiger partial charge in [0.25, 0.3) is 11.4 Å². The number of methoxy groups -OCH3 is 1. The largest absolute Gasteiger partial charge is 0.494 e. The minimum absolute atomic E-state index is 0.00869. The highest BCUT2D eigenvalue weighted by atomic mass is 32.1. The molecule has 2 aromatic carbocycles. The highest BCUT2D eigenvalue weighted by Crippen LogP contribution is 2.35. The Morgan fingerprint density at radius 3 is 2.42 bits per heavy atom. The molecule has 3 rings (SSSR count). The van der Waals surface area contributed by atoms with E-state index in [0.717, 1.165) is 0 Å². The molecule has 122 valence electrons. The molecule has 0 spiro atoms. The van der Waals surface area contributed by atoms with Crippen molar-refractivity contribution >= 4 is 43.7 Å². The van der Waals surface area contributed by atoms with Gasteiger partial charge in [0.05, 0.1) is 38.9 Å². The number of anilines is 2. The van der Waals surface area contributed by atoms with E-state index in [-0.39, 0.29) is 11.4 Å². The van der Waals surface area contributed by atoms with E-state index in [1.54, 1.807) is 6.07 Å². The minimum Gasteiger partial charge on any atom is -0.494 e. The molecule has 1 N–H and O–H groups in total. The van der Waals surface area contributed by atoms with E-state index in [4.69, 9.17) is 4.74 Å². The van der Waals surface area contributed by atoms with E-state index >= 15 is 0 Å². The first kappa shape index (κ1) is 15.6. The Morgan fingerprint density at radius 1 is 1.08 bits per heavy atom. The number of benzene rings is 2. The van der Waals surface area contributed by atoms with Gasteiger partial charge in [-0.3, -0.25) is 20.2 Å². The maximum absolute atomic E-state index is 10.8. The zero-order chi connectivity index (χ0) is 17.3. The molecular weight excluding hydrogens is 336 g/mol. The number of non-ortho nitro benzene ring substituents is 2. The van der Waals surface area contributed by atoms with Gasteiger partial charge in [0.1, 0.15) is 5.75 Å². The molecule has 0 aliphatic rings. The summed E-state index contributed by atoms with van der Waals surface area (Å²) in [6.45, 7) is 0. The topological polar surface area (TPSA) is 120 Å². The molecule has 0 aliphatic heterocycles. The van der Waals surface area contributed by atoms with Gasteiger partial charge < -0.3 is 10.1 Å². The standard InChI is InChI=1S/C14H10N4O5S/c1-23-12-6-8(17(19)20)2-4-10(12)15-14-16-11-5-3-9(18(21)22)7-13(11)24-14/h2-7H,1H3,(H,15,16). The summed E-state index contributed by atoms with van der Waals surface area (Å²) in [5.74, 6) is 0.300. The van der Waals surface area contributed by atoms with Crippen LogP contribution in [0.2, 0.25) is 0 Å². The molecule has 0 radical (unpaired) electrons. The van der Waals surface area contributed by atoms with Gasteiger partial charge in [-0.1, -0.05) is 11.3 Å². The molecule has 9 nitrogen and oxygen atoms in total. The van der Waals surface area contributed by atoms with Gasteiger partial charge >= 0.3 is 0 Å². The smallest absolute Gasteiger partial charge is 0.273 e. The summed E-state index contributed by atoms with van der Waals surface area (Å²) >= 11 is 1.24. The van der Waals surface area contributed by atoms with Gasteiger partial charge in [0.2, 0.25) is 0 Å². The summed E-state index contributed by atoms with van der Waals surface area (Å²) in [7, 11) is 1.41. The lowest BCUT2D eigenvalue weighted by Crippen LogP contribution is -1.96. The third kappa shape index (κ3) is 2.94. The van der Waals surface area contributed by atoms with Crippen LogP contribution in [0, 0.1) is 20.2 Å². The van der Waals surface area contributed by atoms with Crippen molar-refractivity contribution in [1.29, 1.82) is 0 Å². The molecule has 0 atom stereocenters. The number of nitro groups is 2. The lowest BCUT2D eigenvalue weighted by atomic mass is 10.2. The van der Waals surface area contributed by atoms with Crippen molar-refractivity contribution in [2.75, 3.05) is 12.4 Å². The lowest BCUT2D eigenvalue weighted by Gasteiger charge is -2.08. The van der Waals surface area contributed by atoms with Crippen LogP contribution in [0.3, 0.4) is 0 Å². The molecule has 1 aromatic heterocycles. The van der Waals surface area contributed by atoms with Crippen LogP contribution in [0.4, 0.5) is 22.2 Å². The number of thiazole rings is 1. The first-order valence-electron chi connectivity index (χ1n) is 6.62. The van der Waals surface area contributed by atoms with E-state index in [0.29, 0.717) is 26.8 Å². The van der Waals surface area contributed by atoms with Crippen molar-refractivity contribution in [3.8, 4) is 5.75 Å². The van der Waals surface area contributed by atoms with Crippen molar-refractivity contribution in [1.82, 2.24) is 4.98 Å². The number of nitro benzene ring substituents is 2. The Kier molecular flexibility index (Phi) is 3.96. The van der Waals surface area contributed by atoms with Crippen LogP contribution < -0.4 is 10.1 Å². The number of aromatic nitrogens is 1. The van der Waals surface area contributed by atoms with Crippen LogP contribution in [0.5, 0.6) is 5.75 Å². The fourth-order valence-corrected chi connectivity index (χ4v) is 3.00. The monoisotopic (exact) mass is 346 g/mol. The van der Waals surface area contributed by atoms with Crippen molar-refractivity contribution in [3.05, 3.63) is 56.6 Å². The SMILES string of the molecule is COc1cc([N+](=O)[O-])ccc1Nc1nc2ccc([N+](=O)[O-])cc2s1. The van der Waals surface area contributed by atoms with Crippen molar-refractivity contribution in [2.45, 2.75) is 0 Å². The molecule has 24 heavy (non-hydrogen) atoms. The summed E-state index contributed by atoms with van der Waals surface area (Å²) in [6.07, 6.45) is 0. The second-order valence-corrected chi connectivity index (χ2v) is 5.73. The number of nitrogens with one attached hydrogen (secondary N) is 1. The van der Waals surface area contributed by atoms with Crippen LogP contribution in [0.25, 0.3) is 10.2 Å². The molecular formula is C14H10N4O5S. The van der Waals surface area contributed by atoms with Gasteiger partial charge in [-0.15, -0.1) is 0 Å². The molecule has 1 heterocycles. The van der Waals surface area contributed by atoms with Crippen molar-refractivity contribution in [3.63, 3.8) is 0 Å². The molecule has 0 aliphatic carbocycles. The second-order valence-electron chi connectivity index (χ2n) is 4.69. The van der Waals surface area contributed by atoms with Gasteiger partial charge in [0, 0.05) is 18.2 Å². The summed E-state index contributed by atoms with van der Waals surface area (Å²) in [6, 6.07) is 8.58. The van der Waals surface area contributed by atoms with Crippen molar-refractivity contribution in [2.24, 2.45) is 0 Å². The number of hydrogen-bond donors (Lipinski definition) is 1. The highest BCUT2D eigenvalue weighted by Gasteiger charge is 2.14.